The van der Waals surface area contributed by atoms with E-state index in [-0.39, 0.29) is 47.0 Å². The minimum absolute atomic E-state index is 0. The first kappa shape index (κ1) is 27.9. The lowest BCUT2D eigenvalue weighted by molar-refractivity contribution is 0.364. The van der Waals surface area contributed by atoms with Crippen LogP contribution in [0.15, 0.2) is 23.2 Å². The summed E-state index contributed by atoms with van der Waals surface area (Å²) >= 11 is 0. The lowest BCUT2D eigenvalue weighted by Gasteiger charge is -2.36. The summed E-state index contributed by atoms with van der Waals surface area (Å²) in [5.41, 5.74) is 1.49. The van der Waals surface area contributed by atoms with Crippen molar-refractivity contribution < 1.29 is 12.8 Å². The fourth-order valence-corrected chi connectivity index (χ4v) is 4.45. The molecule has 6 nitrogen and oxygen atoms in total. The number of guanidine groups is 1. The van der Waals surface area contributed by atoms with Crippen molar-refractivity contribution >= 4 is 45.5 Å². The second-order valence-electron chi connectivity index (χ2n) is 9.12. The Bertz CT molecular complexity index is 846. The van der Waals surface area contributed by atoms with Gasteiger partial charge in [-0.1, -0.05) is 19.9 Å². The largest absolute Gasteiger partial charge is 0.367 e. The number of aryl methyl sites for hydroxylation is 1. The zero-order valence-corrected chi connectivity index (χ0v) is 22.5. The van der Waals surface area contributed by atoms with Crippen LogP contribution in [0.3, 0.4) is 0 Å². The molecule has 178 valence electrons. The molecule has 0 radical (unpaired) electrons. The molecule has 1 heterocycles. The number of sulfone groups is 1. The van der Waals surface area contributed by atoms with Gasteiger partial charge in [-0.25, -0.2) is 12.8 Å². The van der Waals surface area contributed by atoms with Gasteiger partial charge in [0, 0.05) is 38.5 Å². The van der Waals surface area contributed by atoms with E-state index >= 15 is 0 Å². The highest BCUT2D eigenvalue weighted by Gasteiger charge is 2.24. The average molecular weight is 569 g/mol. The van der Waals surface area contributed by atoms with E-state index in [0.717, 1.165) is 37.5 Å². The standard InChI is InChI=1S/C22H37FN4O2S.HI/c1-6-24-21(25-16-22(3,4)11-13-30(5,28)29)26-18-8-7-12-27(15-18)20-14-17(2)9-10-19(20)23;/h9-10,14,18H,6-8,11-13,15-16H2,1-5H3,(H2,24,25,26);1H. The van der Waals surface area contributed by atoms with Gasteiger partial charge in [0.15, 0.2) is 5.96 Å². The van der Waals surface area contributed by atoms with Crippen LogP contribution in [0.1, 0.15) is 45.6 Å². The van der Waals surface area contributed by atoms with Crippen LogP contribution >= 0.6 is 24.0 Å². The van der Waals surface area contributed by atoms with Crippen LogP contribution in [0.2, 0.25) is 0 Å². The Hall–Kier alpha value is -1.10. The average Bonchev–Trinajstić information content (AvgIpc) is 2.67. The molecule has 2 N–H and O–H groups in total. The second-order valence-corrected chi connectivity index (χ2v) is 11.4. The summed E-state index contributed by atoms with van der Waals surface area (Å²) in [6, 6.07) is 5.39. The minimum atomic E-state index is -2.98. The first-order chi connectivity index (χ1) is 14.0. The second kappa shape index (κ2) is 12.2. The summed E-state index contributed by atoms with van der Waals surface area (Å²) in [4.78, 5) is 6.82. The highest BCUT2D eigenvalue weighted by Crippen LogP contribution is 2.25. The van der Waals surface area contributed by atoms with Crippen LogP contribution in [-0.4, -0.2) is 58.6 Å². The molecule has 0 bridgehead atoms. The Morgan fingerprint density at radius 1 is 1.35 bits per heavy atom. The van der Waals surface area contributed by atoms with Gasteiger partial charge in [-0.3, -0.25) is 4.99 Å². The van der Waals surface area contributed by atoms with Gasteiger partial charge in [-0.2, -0.15) is 0 Å². The number of aliphatic imine (C=N–C) groups is 1. The molecule has 0 saturated carbocycles. The zero-order valence-electron chi connectivity index (χ0n) is 19.4. The summed E-state index contributed by atoms with van der Waals surface area (Å²) in [6.07, 6.45) is 3.80. The predicted octanol–water partition coefficient (Wildman–Crippen LogP) is 3.74. The van der Waals surface area contributed by atoms with Crippen molar-refractivity contribution in [1.29, 1.82) is 0 Å². The summed E-state index contributed by atoms with van der Waals surface area (Å²) in [5, 5.41) is 6.77. The highest BCUT2D eigenvalue weighted by molar-refractivity contribution is 14.0. The molecule has 1 aromatic carbocycles. The number of piperidine rings is 1. The molecule has 1 saturated heterocycles. The van der Waals surface area contributed by atoms with Gasteiger partial charge in [-0.05, 0) is 56.2 Å². The van der Waals surface area contributed by atoms with Crippen LogP contribution in [0, 0.1) is 18.2 Å². The zero-order chi connectivity index (χ0) is 22.4. The topological polar surface area (TPSA) is 73.8 Å². The van der Waals surface area contributed by atoms with Crippen molar-refractivity contribution in [2.24, 2.45) is 10.4 Å². The number of nitrogens with zero attached hydrogens (tertiary/aromatic N) is 2. The van der Waals surface area contributed by atoms with E-state index < -0.39 is 9.84 Å². The van der Waals surface area contributed by atoms with Crippen molar-refractivity contribution in [2.75, 3.05) is 43.1 Å². The number of rotatable bonds is 8. The fraction of sp³-hybridized carbons (Fsp3) is 0.682. The smallest absolute Gasteiger partial charge is 0.191 e. The third-order valence-corrected chi connectivity index (χ3v) is 6.31. The third kappa shape index (κ3) is 9.93. The van der Waals surface area contributed by atoms with Crippen LogP contribution in [0.25, 0.3) is 0 Å². The molecule has 0 amide bonds. The first-order valence-electron chi connectivity index (χ1n) is 10.7. The summed E-state index contributed by atoms with van der Waals surface area (Å²) < 4.78 is 37.3. The van der Waals surface area contributed by atoms with E-state index in [0.29, 0.717) is 25.2 Å². The van der Waals surface area contributed by atoms with Gasteiger partial charge in [0.2, 0.25) is 0 Å². The maximum atomic E-state index is 14.3. The monoisotopic (exact) mass is 568 g/mol. The van der Waals surface area contributed by atoms with Gasteiger partial charge in [0.1, 0.15) is 15.7 Å². The lowest BCUT2D eigenvalue weighted by Crippen LogP contribution is -2.51. The molecule has 1 fully saturated rings. The number of hydrogen-bond donors (Lipinski definition) is 2. The Morgan fingerprint density at radius 2 is 2.06 bits per heavy atom. The normalized spacial score (nSPS) is 17.8. The van der Waals surface area contributed by atoms with Crippen molar-refractivity contribution in [3.63, 3.8) is 0 Å². The van der Waals surface area contributed by atoms with E-state index in [4.69, 9.17) is 4.99 Å². The first-order valence-corrected chi connectivity index (χ1v) is 12.8. The van der Waals surface area contributed by atoms with Gasteiger partial charge in [-0.15, -0.1) is 24.0 Å². The van der Waals surface area contributed by atoms with Crippen LogP contribution in [0.5, 0.6) is 0 Å². The Balaban J connectivity index is 0.00000480. The van der Waals surface area contributed by atoms with Crippen molar-refractivity contribution in [3.05, 3.63) is 29.6 Å². The predicted molar refractivity (Wildman–Crippen MR) is 139 cm³/mol. The van der Waals surface area contributed by atoms with E-state index in [1.807, 2.05) is 33.8 Å². The number of benzene rings is 1. The highest BCUT2D eigenvalue weighted by atomic mass is 127. The van der Waals surface area contributed by atoms with E-state index in [2.05, 4.69) is 15.5 Å². The quantitative estimate of drug-likeness (QED) is 0.284. The molecule has 31 heavy (non-hydrogen) atoms. The molecule has 2 rings (SSSR count). The van der Waals surface area contributed by atoms with Crippen LogP contribution < -0.4 is 15.5 Å². The number of anilines is 1. The Kier molecular flexibility index (Phi) is 11.0. The molecule has 9 heteroatoms. The molecule has 0 aliphatic carbocycles. The SMILES string of the molecule is CCNC(=NCC(C)(C)CCS(C)(=O)=O)NC1CCCN(c2cc(C)ccc2F)C1.I. The molecule has 1 atom stereocenters. The van der Waals surface area contributed by atoms with Crippen molar-refractivity contribution in [2.45, 2.75) is 53.0 Å². The molecule has 1 aromatic rings. The Labute approximate surface area is 204 Å². The Morgan fingerprint density at radius 3 is 2.71 bits per heavy atom. The summed E-state index contributed by atoms with van der Waals surface area (Å²) in [5.74, 6) is 0.704. The van der Waals surface area contributed by atoms with Crippen LogP contribution in [-0.2, 0) is 9.84 Å². The molecular weight excluding hydrogens is 530 g/mol. The number of halogens is 2. The van der Waals surface area contributed by atoms with Gasteiger partial charge in [0.05, 0.1) is 11.4 Å². The van der Waals surface area contributed by atoms with Crippen LogP contribution in [0.4, 0.5) is 10.1 Å². The summed E-state index contributed by atoms with van der Waals surface area (Å²) in [7, 11) is -2.98. The molecule has 1 unspecified atom stereocenters. The lowest BCUT2D eigenvalue weighted by atomic mass is 9.90. The third-order valence-electron chi connectivity index (χ3n) is 5.36. The molecule has 0 spiro atoms. The van der Waals surface area contributed by atoms with Crippen molar-refractivity contribution in [3.8, 4) is 0 Å². The van der Waals surface area contributed by atoms with E-state index in [1.54, 1.807) is 6.07 Å². The maximum Gasteiger partial charge on any atom is 0.191 e. The molecule has 0 aromatic heterocycles. The summed E-state index contributed by atoms with van der Waals surface area (Å²) in [6.45, 7) is 10.9. The molecule has 1 aliphatic rings. The minimum Gasteiger partial charge on any atom is -0.367 e. The van der Waals surface area contributed by atoms with E-state index in [9.17, 15) is 12.8 Å². The van der Waals surface area contributed by atoms with Gasteiger partial charge in [0.25, 0.3) is 0 Å². The van der Waals surface area contributed by atoms with Gasteiger partial charge < -0.3 is 15.5 Å². The molecule has 1 aliphatic heterocycles. The molecular formula is C22H38FIN4O2S. The maximum absolute atomic E-state index is 14.3. The van der Waals surface area contributed by atoms with E-state index in [1.165, 1.54) is 12.3 Å². The fourth-order valence-electron chi connectivity index (χ4n) is 3.53. The van der Waals surface area contributed by atoms with Crippen molar-refractivity contribution in [1.82, 2.24) is 10.6 Å². The number of nitrogens with one attached hydrogen (secondary N) is 2. The van der Waals surface area contributed by atoms with Gasteiger partial charge >= 0.3 is 0 Å². The number of hydrogen-bond acceptors (Lipinski definition) is 4.